The minimum absolute atomic E-state index is 0.0806. The molecule has 164 valence electrons. The number of anilines is 1. The predicted octanol–water partition coefficient (Wildman–Crippen LogP) is 4.04. The lowest BCUT2D eigenvalue weighted by Gasteiger charge is -2.23. The number of carbonyl (C=O) groups excluding carboxylic acids is 1. The lowest BCUT2D eigenvalue weighted by Crippen LogP contribution is -2.27. The van der Waals surface area contributed by atoms with Crippen molar-refractivity contribution in [2.75, 3.05) is 5.32 Å². The molecule has 3 aromatic rings. The number of amides is 1. The molecule has 0 atom stereocenters. The number of hydrogen-bond donors (Lipinski definition) is 1. The van der Waals surface area contributed by atoms with Crippen LogP contribution in [0.1, 0.15) is 76.2 Å². The molecule has 0 aliphatic heterocycles. The van der Waals surface area contributed by atoms with Crippen LogP contribution in [0, 0.1) is 25.2 Å². The number of rotatable bonds is 4. The Labute approximate surface area is 183 Å². The van der Waals surface area contributed by atoms with Crippen molar-refractivity contribution in [1.29, 1.82) is 5.26 Å². The maximum atomic E-state index is 12.8. The second kappa shape index (κ2) is 7.80. The Morgan fingerprint density at radius 3 is 2.45 bits per heavy atom. The van der Waals surface area contributed by atoms with Crippen molar-refractivity contribution in [2.45, 2.75) is 79.2 Å². The highest BCUT2D eigenvalue weighted by molar-refractivity contribution is 5.90. The first-order chi connectivity index (χ1) is 14.3. The summed E-state index contributed by atoms with van der Waals surface area (Å²) in [6.45, 7) is 16.4. The first kappa shape index (κ1) is 22.5. The number of nitrogens with one attached hydrogen (secondary N) is 1. The second-order valence-electron chi connectivity index (χ2n) is 9.96. The minimum atomic E-state index is -0.257. The molecule has 1 amide bonds. The Balaban J connectivity index is 1.81. The standard InChI is InChI=1S/C23H31N7O/c1-14-17(15(2)29-21(26-14)16(12-24)13-25-29)9-10-20(31)27-19-11-18(22(3,4)5)28-30(19)23(6,7)8/h11,13H,9-10H2,1-8H3,(H,27,31). The van der Waals surface area contributed by atoms with E-state index in [1.807, 2.05) is 24.6 Å². The third-order valence-electron chi connectivity index (χ3n) is 5.31. The monoisotopic (exact) mass is 421 g/mol. The summed E-state index contributed by atoms with van der Waals surface area (Å²) in [5.74, 6) is 0.623. The number of aryl methyl sites for hydroxylation is 2. The lowest BCUT2D eigenvalue weighted by atomic mass is 9.92. The molecule has 0 aliphatic rings. The van der Waals surface area contributed by atoms with Gasteiger partial charge in [-0.3, -0.25) is 4.79 Å². The number of nitriles is 1. The number of hydrogen-bond acceptors (Lipinski definition) is 5. The maximum Gasteiger partial charge on any atom is 0.225 e. The van der Waals surface area contributed by atoms with Crippen LogP contribution in [0.15, 0.2) is 12.3 Å². The van der Waals surface area contributed by atoms with E-state index in [1.54, 1.807) is 4.52 Å². The third kappa shape index (κ3) is 4.46. The van der Waals surface area contributed by atoms with Crippen LogP contribution in [-0.2, 0) is 22.2 Å². The molecule has 0 saturated carbocycles. The van der Waals surface area contributed by atoms with Crippen molar-refractivity contribution < 1.29 is 4.79 Å². The van der Waals surface area contributed by atoms with Gasteiger partial charge in [-0.15, -0.1) is 0 Å². The van der Waals surface area contributed by atoms with E-state index >= 15 is 0 Å². The minimum Gasteiger partial charge on any atom is -0.311 e. The molecule has 3 heterocycles. The highest BCUT2D eigenvalue weighted by Crippen LogP contribution is 2.28. The molecule has 8 nitrogen and oxygen atoms in total. The van der Waals surface area contributed by atoms with Crippen LogP contribution in [0.4, 0.5) is 5.82 Å². The van der Waals surface area contributed by atoms with E-state index in [9.17, 15) is 10.1 Å². The SMILES string of the molecule is Cc1nc2c(C#N)cnn2c(C)c1CCC(=O)Nc1cc(C(C)(C)C)nn1C(C)(C)C. The predicted molar refractivity (Wildman–Crippen MR) is 120 cm³/mol. The van der Waals surface area contributed by atoms with Crippen LogP contribution in [0.3, 0.4) is 0 Å². The Hall–Kier alpha value is -3.21. The molecule has 0 saturated heterocycles. The quantitative estimate of drug-likeness (QED) is 0.685. The van der Waals surface area contributed by atoms with E-state index in [0.717, 1.165) is 22.6 Å². The largest absolute Gasteiger partial charge is 0.311 e. The molecule has 3 rings (SSSR count). The molecule has 1 N–H and O–H groups in total. The summed E-state index contributed by atoms with van der Waals surface area (Å²) in [6.07, 6.45) is 2.36. The molecule has 0 aromatic carbocycles. The van der Waals surface area contributed by atoms with Crippen LogP contribution in [-0.4, -0.2) is 30.3 Å². The van der Waals surface area contributed by atoms with E-state index in [-0.39, 0.29) is 16.9 Å². The zero-order chi connectivity index (χ0) is 23.1. The Morgan fingerprint density at radius 2 is 1.87 bits per heavy atom. The van der Waals surface area contributed by atoms with E-state index < -0.39 is 0 Å². The van der Waals surface area contributed by atoms with Gasteiger partial charge in [-0.2, -0.15) is 15.5 Å². The molecule has 0 aliphatic carbocycles. The van der Waals surface area contributed by atoms with E-state index in [4.69, 9.17) is 5.10 Å². The summed E-state index contributed by atoms with van der Waals surface area (Å²) >= 11 is 0. The van der Waals surface area contributed by atoms with Gasteiger partial charge >= 0.3 is 0 Å². The Morgan fingerprint density at radius 1 is 1.19 bits per heavy atom. The summed E-state index contributed by atoms with van der Waals surface area (Å²) in [6, 6.07) is 4.07. The average molecular weight is 422 g/mol. The molecule has 8 heteroatoms. The zero-order valence-corrected chi connectivity index (χ0v) is 19.7. The first-order valence-corrected chi connectivity index (χ1v) is 10.5. The molecule has 0 spiro atoms. The van der Waals surface area contributed by atoms with Gasteiger partial charge in [0.15, 0.2) is 5.65 Å². The van der Waals surface area contributed by atoms with Crippen LogP contribution < -0.4 is 5.32 Å². The zero-order valence-electron chi connectivity index (χ0n) is 19.7. The van der Waals surface area contributed by atoms with Gasteiger partial charge in [0, 0.05) is 29.3 Å². The molecular weight excluding hydrogens is 390 g/mol. The molecule has 0 fully saturated rings. The van der Waals surface area contributed by atoms with Crippen molar-refractivity contribution in [1.82, 2.24) is 24.4 Å². The lowest BCUT2D eigenvalue weighted by molar-refractivity contribution is -0.116. The van der Waals surface area contributed by atoms with Gasteiger partial charge in [-0.25, -0.2) is 14.2 Å². The van der Waals surface area contributed by atoms with Crippen LogP contribution in [0.5, 0.6) is 0 Å². The fraction of sp³-hybridized carbons (Fsp3) is 0.522. The second-order valence-corrected chi connectivity index (χ2v) is 9.96. The summed E-state index contributed by atoms with van der Waals surface area (Å²) < 4.78 is 3.55. The molecular formula is C23H31N7O. The Bertz CT molecular complexity index is 1180. The third-order valence-corrected chi connectivity index (χ3v) is 5.31. The fourth-order valence-electron chi connectivity index (χ4n) is 3.54. The average Bonchev–Trinajstić information content (AvgIpc) is 3.25. The van der Waals surface area contributed by atoms with Crippen molar-refractivity contribution in [3.63, 3.8) is 0 Å². The highest BCUT2D eigenvalue weighted by Gasteiger charge is 2.26. The van der Waals surface area contributed by atoms with Crippen LogP contribution >= 0.6 is 0 Å². The number of nitrogens with zero attached hydrogens (tertiary/aromatic N) is 6. The van der Waals surface area contributed by atoms with E-state index in [0.29, 0.717) is 29.9 Å². The summed E-state index contributed by atoms with van der Waals surface area (Å²) in [4.78, 5) is 17.4. The molecule has 0 bridgehead atoms. The molecule has 3 aromatic heterocycles. The maximum absolute atomic E-state index is 12.8. The van der Waals surface area contributed by atoms with Crippen LogP contribution in [0.2, 0.25) is 0 Å². The van der Waals surface area contributed by atoms with Crippen molar-refractivity contribution in [3.8, 4) is 6.07 Å². The fourth-order valence-corrected chi connectivity index (χ4v) is 3.54. The van der Waals surface area contributed by atoms with Crippen molar-refractivity contribution in [3.05, 3.63) is 40.5 Å². The highest BCUT2D eigenvalue weighted by atomic mass is 16.1. The van der Waals surface area contributed by atoms with Gasteiger partial charge in [0.1, 0.15) is 17.5 Å². The van der Waals surface area contributed by atoms with Gasteiger partial charge in [0.2, 0.25) is 5.91 Å². The van der Waals surface area contributed by atoms with Crippen molar-refractivity contribution in [2.24, 2.45) is 0 Å². The first-order valence-electron chi connectivity index (χ1n) is 10.5. The molecule has 31 heavy (non-hydrogen) atoms. The smallest absolute Gasteiger partial charge is 0.225 e. The number of aromatic nitrogens is 5. The topological polar surface area (TPSA) is 101 Å². The Kier molecular flexibility index (Phi) is 5.66. The van der Waals surface area contributed by atoms with Gasteiger partial charge < -0.3 is 5.32 Å². The number of fused-ring (bicyclic) bond motifs is 1. The van der Waals surface area contributed by atoms with E-state index in [2.05, 4.69) is 63.0 Å². The number of carbonyl (C=O) groups is 1. The summed E-state index contributed by atoms with van der Waals surface area (Å²) in [7, 11) is 0. The van der Waals surface area contributed by atoms with Crippen LogP contribution in [0.25, 0.3) is 5.65 Å². The molecule has 0 unspecified atom stereocenters. The van der Waals surface area contributed by atoms with E-state index in [1.165, 1.54) is 6.20 Å². The van der Waals surface area contributed by atoms with Gasteiger partial charge in [0.25, 0.3) is 0 Å². The summed E-state index contributed by atoms with van der Waals surface area (Å²) in [5.41, 5.74) is 4.23. The van der Waals surface area contributed by atoms with Crippen molar-refractivity contribution >= 4 is 17.4 Å². The van der Waals surface area contributed by atoms with Gasteiger partial charge in [0.05, 0.1) is 17.4 Å². The van der Waals surface area contributed by atoms with Gasteiger partial charge in [-0.05, 0) is 46.6 Å². The summed E-state index contributed by atoms with van der Waals surface area (Å²) in [5, 5.41) is 21.3. The molecule has 0 radical (unpaired) electrons. The normalized spacial score (nSPS) is 12.2. The van der Waals surface area contributed by atoms with Gasteiger partial charge in [-0.1, -0.05) is 20.8 Å².